The summed E-state index contributed by atoms with van der Waals surface area (Å²) in [5.41, 5.74) is 0.0989. The number of amides is 1. The second kappa shape index (κ2) is 7.54. The summed E-state index contributed by atoms with van der Waals surface area (Å²) in [6.45, 7) is 2.15. The zero-order chi connectivity index (χ0) is 18.7. The van der Waals surface area contributed by atoms with Gasteiger partial charge >= 0.3 is 11.8 Å². The van der Waals surface area contributed by atoms with Gasteiger partial charge in [0.05, 0.1) is 6.33 Å². The van der Waals surface area contributed by atoms with Crippen molar-refractivity contribution in [1.29, 1.82) is 0 Å². The van der Waals surface area contributed by atoms with E-state index < -0.39 is 0 Å². The first-order valence-corrected chi connectivity index (χ1v) is 8.22. The molecule has 0 spiro atoms. The lowest BCUT2D eigenvalue weighted by Gasteiger charge is -2.16. The Bertz CT molecular complexity index is 877. The number of ether oxygens (including phenoxy) is 1. The molecule has 1 atom stereocenters. The zero-order valence-corrected chi connectivity index (χ0v) is 15.4. The topological polar surface area (TPSA) is 91.4 Å². The number of carbonyl (C=O) groups is 1. The molecule has 1 unspecified atom stereocenters. The van der Waals surface area contributed by atoms with E-state index in [2.05, 4.69) is 4.98 Å². The minimum absolute atomic E-state index is 0.214. The number of imidazole rings is 1. The molecule has 0 fully saturated rings. The molecular weight excluding hydrogens is 326 g/mol. The second-order valence-corrected chi connectivity index (χ2v) is 6.41. The highest BCUT2D eigenvalue weighted by molar-refractivity contribution is 5.69. The summed E-state index contributed by atoms with van der Waals surface area (Å²) in [6.07, 6.45) is 2.98. The van der Waals surface area contributed by atoms with Crippen molar-refractivity contribution in [2.24, 2.45) is 14.1 Å². The van der Waals surface area contributed by atoms with E-state index in [1.807, 2.05) is 6.92 Å². The largest absolute Gasteiger partial charge is 0.446 e. The Morgan fingerprint density at radius 1 is 1.28 bits per heavy atom. The average molecular weight is 351 g/mol. The van der Waals surface area contributed by atoms with Crippen LogP contribution >= 0.6 is 0 Å². The highest BCUT2D eigenvalue weighted by Crippen LogP contribution is 2.07. The first-order chi connectivity index (χ1) is 11.7. The second-order valence-electron chi connectivity index (χ2n) is 6.41. The number of rotatable bonds is 6. The van der Waals surface area contributed by atoms with Crippen molar-refractivity contribution in [2.45, 2.75) is 38.8 Å². The van der Waals surface area contributed by atoms with Crippen molar-refractivity contribution >= 4 is 17.3 Å². The molecule has 1 amide bonds. The molecule has 0 aliphatic carbocycles. The fraction of sp³-hybridized carbons (Fsp3) is 0.625. The number of hydrogen-bond donors (Lipinski definition) is 0. The van der Waals surface area contributed by atoms with Gasteiger partial charge in [-0.1, -0.05) is 0 Å². The van der Waals surface area contributed by atoms with Crippen molar-refractivity contribution in [3.63, 3.8) is 0 Å². The van der Waals surface area contributed by atoms with E-state index in [-0.39, 0.29) is 23.4 Å². The Morgan fingerprint density at radius 3 is 2.60 bits per heavy atom. The van der Waals surface area contributed by atoms with Gasteiger partial charge in [-0.3, -0.25) is 13.9 Å². The van der Waals surface area contributed by atoms with Crippen LogP contribution in [0, 0.1) is 0 Å². The summed E-state index contributed by atoms with van der Waals surface area (Å²) in [5, 5.41) is 0. The first kappa shape index (κ1) is 18.8. The molecule has 0 aromatic carbocycles. The van der Waals surface area contributed by atoms with E-state index in [4.69, 9.17) is 4.74 Å². The molecule has 0 aliphatic heterocycles. The SMILES string of the molecule is CC(CCCCn1c(=O)c2c(ncn2C)n(C)c1=O)OC(=O)N(C)C. The van der Waals surface area contributed by atoms with Crippen LogP contribution in [0.2, 0.25) is 0 Å². The van der Waals surface area contributed by atoms with Crippen LogP contribution in [0.4, 0.5) is 4.79 Å². The average Bonchev–Trinajstić information content (AvgIpc) is 2.93. The van der Waals surface area contributed by atoms with Gasteiger partial charge in [-0.15, -0.1) is 0 Å². The number of aryl methyl sites for hydroxylation is 2. The molecule has 0 saturated carbocycles. The fourth-order valence-corrected chi connectivity index (χ4v) is 2.63. The van der Waals surface area contributed by atoms with E-state index in [0.29, 0.717) is 30.6 Å². The van der Waals surface area contributed by atoms with Crippen LogP contribution in [0.3, 0.4) is 0 Å². The monoisotopic (exact) mass is 351 g/mol. The molecule has 9 nitrogen and oxygen atoms in total. The van der Waals surface area contributed by atoms with Crippen LogP contribution in [0.25, 0.3) is 11.2 Å². The van der Waals surface area contributed by atoms with Crippen molar-refractivity contribution in [3.8, 4) is 0 Å². The van der Waals surface area contributed by atoms with Crippen LogP contribution in [0.1, 0.15) is 26.2 Å². The van der Waals surface area contributed by atoms with E-state index in [1.165, 1.54) is 20.4 Å². The highest BCUT2D eigenvalue weighted by Gasteiger charge is 2.15. The molecule has 138 valence electrons. The number of aromatic nitrogens is 4. The maximum absolute atomic E-state index is 12.5. The Morgan fingerprint density at radius 2 is 1.96 bits per heavy atom. The van der Waals surface area contributed by atoms with Gasteiger partial charge in [0.25, 0.3) is 5.56 Å². The number of unbranched alkanes of at least 4 members (excludes halogenated alkanes) is 1. The third kappa shape index (κ3) is 3.92. The first-order valence-electron chi connectivity index (χ1n) is 8.22. The van der Waals surface area contributed by atoms with Gasteiger partial charge in [0.15, 0.2) is 11.2 Å². The Labute approximate surface area is 145 Å². The van der Waals surface area contributed by atoms with Crippen LogP contribution in [0.15, 0.2) is 15.9 Å². The van der Waals surface area contributed by atoms with E-state index in [1.54, 1.807) is 32.8 Å². The van der Waals surface area contributed by atoms with Gasteiger partial charge < -0.3 is 14.2 Å². The van der Waals surface area contributed by atoms with Gasteiger partial charge in [0.1, 0.15) is 6.10 Å². The van der Waals surface area contributed by atoms with Gasteiger partial charge in [-0.05, 0) is 26.2 Å². The summed E-state index contributed by atoms with van der Waals surface area (Å²) in [4.78, 5) is 41.9. The van der Waals surface area contributed by atoms with Crippen LogP contribution in [0.5, 0.6) is 0 Å². The molecule has 0 bridgehead atoms. The molecule has 2 aromatic rings. The summed E-state index contributed by atoms with van der Waals surface area (Å²) in [7, 11) is 6.60. The van der Waals surface area contributed by atoms with Crippen LogP contribution < -0.4 is 11.2 Å². The molecule has 2 rings (SSSR count). The molecule has 0 radical (unpaired) electrons. The number of nitrogens with zero attached hydrogens (tertiary/aromatic N) is 5. The molecule has 0 aliphatic rings. The zero-order valence-electron chi connectivity index (χ0n) is 15.4. The Kier molecular flexibility index (Phi) is 5.66. The number of fused-ring (bicyclic) bond motifs is 1. The molecular formula is C16H25N5O4. The number of hydrogen-bond acceptors (Lipinski definition) is 5. The summed E-state index contributed by atoms with van der Waals surface area (Å²) in [5.74, 6) is 0. The lowest BCUT2D eigenvalue weighted by Crippen LogP contribution is -2.39. The van der Waals surface area contributed by atoms with Crippen molar-refractivity contribution in [1.82, 2.24) is 23.6 Å². The predicted octanol–water partition coefficient (Wildman–Crippen LogP) is 0.691. The summed E-state index contributed by atoms with van der Waals surface area (Å²) >= 11 is 0. The minimum atomic E-state index is -0.376. The highest BCUT2D eigenvalue weighted by atomic mass is 16.6. The quantitative estimate of drug-likeness (QED) is 0.714. The van der Waals surface area contributed by atoms with E-state index >= 15 is 0 Å². The molecule has 9 heteroatoms. The van der Waals surface area contributed by atoms with Crippen LogP contribution in [-0.2, 0) is 25.4 Å². The Hall–Kier alpha value is -2.58. The van der Waals surface area contributed by atoms with E-state index in [0.717, 1.165) is 6.42 Å². The summed E-state index contributed by atoms with van der Waals surface area (Å²) in [6, 6.07) is 0. The lowest BCUT2D eigenvalue weighted by molar-refractivity contribution is 0.0775. The van der Waals surface area contributed by atoms with Gasteiger partial charge in [-0.2, -0.15) is 0 Å². The van der Waals surface area contributed by atoms with Gasteiger partial charge in [0.2, 0.25) is 0 Å². The van der Waals surface area contributed by atoms with Gasteiger partial charge in [0, 0.05) is 34.7 Å². The van der Waals surface area contributed by atoms with E-state index in [9.17, 15) is 14.4 Å². The molecule has 2 heterocycles. The number of carbonyl (C=O) groups excluding carboxylic acids is 1. The van der Waals surface area contributed by atoms with Crippen molar-refractivity contribution < 1.29 is 9.53 Å². The normalized spacial score (nSPS) is 12.4. The van der Waals surface area contributed by atoms with Gasteiger partial charge in [-0.25, -0.2) is 14.6 Å². The van der Waals surface area contributed by atoms with Crippen molar-refractivity contribution in [2.75, 3.05) is 14.1 Å². The standard InChI is InChI=1S/C16H25N5O4/c1-11(25-16(24)18(2)3)8-6-7-9-21-14(22)12-13(17-10-19(12)4)20(5)15(21)23/h10-11H,6-9H2,1-5H3. The predicted molar refractivity (Wildman–Crippen MR) is 93.7 cm³/mol. The van der Waals surface area contributed by atoms with Crippen LogP contribution in [-0.4, -0.2) is 49.9 Å². The lowest BCUT2D eigenvalue weighted by atomic mass is 10.2. The summed E-state index contributed by atoms with van der Waals surface area (Å²) < 4.78 is 9.48. The molecule has 25 heavy (non-hydrogen) atoms. The fourth-order valence-electron chi connectivity index (χ4n) is 2.63. The van der Waals surface area contributed by atoms with Crippen molar-refractivity contribution in [3.05, 3.63) is 27.2 Å². The minimum Gasteiger partial charge on any atom is -0.446 e. The maximum Gasteiger partial charge on any atom is 0.409 e. The molecule has 2 aromatic heterocycles. The maximum atomic E-state index is 12.5. The Balaban J connectivity index is 2.02. The molecule has 0 saturated heterocycles. The smallest absolute Gasteiger partial charge is 0.409 e. The third-order valence-corrected chi connectivity index (χ3v) is 4.11. The molecule has 0 N–H and O–H groups in total. The third-order valence-electron chi connectivity index (χ3n) is 4.11.